The van der Waals surface area contributed by atoms with Crippen LogP contribution in [0.3, 0.4) is 0 Å². The summed E-state index contributed by atoms with van der Waals surface area (Å²) in [6, 6.07) is 13.3. The van der Waals surface area contributed by atoms with Crippen molar-refractivity contribution in [2.45, 2.75) is 33.2 Å². The van der Waals surface area contributed by atoms with E-state index >= 15 is 0 Å². The van der Waals surface area contributed by atoms with E-state index in [0.717, 1.165) is 18.2 Å². The monoisotopic (exact) mass is 271 g/mol. The van der Waals surface area contributed by atoms with Gasteiger partial charge in [0.1, 0.15) is 5.75 Å². The summed E-state index contributed by atoms with van der Waals surface area (Å²) in [6.07, 6.45) is 1.22. The summed E-state index contributed by atoms with van der Waals surface area (Å²) < 4.78 is 5.26. The number of fused-ring (bicyclic) bond motifs is 1. The predicted molar refractivity (Wildman–Crippen MR) is 86.4 cm³/mol. The summed E-state index contributed by atoms with van der Waals surface area (Å²) in [6.45, 7) is 7.82. The van der Waals surface area contributed by atoms with Crippen LogP contribution in [0.4, 0.5) is 0 Å². The van der Waals surface area contributed by atoms with E-state index in [1.54, 1.807) is 7.11 Å². The third-order valence-corrected chi connectivity index (χ3v) is 4.04. The van der Waals surface area contributed by atoms with E-state index in [4.69, 9.17) is 4.74 Å². The first kappa shape index (κ1) is 14.9. The van der Waals surface area contributed by atoms with Gasteiger partial charge in [0.15, 0.2) is 0 Å². The SMILES string of the molecule is CCC(C)CNC(C)c1ccc2cc(OC)ccc2c1. The molecule has 0 spiro atoms. The topological polar surface area (TPSA) is 21.3 Å². The minimum Gasteiger partial charge on any atom is -0.497 e. The van der Waals surface area contributed by atoms with Gasteiger partial charge < -0.3 is 10.1 Å². The van der Waals surface area contributed by atoms with Gasteiger partial charge >= 0.3 is 0 Å². The second-order valence-corrected chi connectivity index (χ2v) is 5.62. The molecule has 0 amide bonds. The molecule has 0 heterocycles. The van der Waals surface area contributed by atoms with Crippen molar-refractivity contribution >= 4 is 10.8 Å². The lowest BCUT2D eigenvalue weighted by atomic mass is 10.0. The Labute approximate surface area is 122 Å². The molecule has 20 heavy (non-hydrogen) atoms. The van der Waals surface area contributed by atoms with Crippen molar-refractivity contribution in [3.8, 4) is 5.75 Å². The van der Waals surface area contributed by atoms with Gasteiger partial charge in [-0.15, -0.1) is 0 Å². The Morgan fingerprint density at radius 2 is 1.75 bits per heavy atom. The first-order valence-corrected chi connectivity index (χ1v) is 7.45. The molecular weight excluding hydrogens is 246 g/mol. The molecule has 2 aromatic carbocycles. The molecular formula is C18H25NO. The minimum absolute atomic E-state index is 0.385. The maximum absolute atomic E-state index is 5.26. The standard InChI is InChI=1S/C18H25NO/c1-5-13(2)12-19-14(3)15-6-7-17-11-18(20-4)9-8-16(17)10-15/h6-11,13-14,19H,5,12H2,1-4H3. The summed E-state index contributed by atoms with van der Waals surface area (Å²) in [5.74, 6) is 1.63. The van der Waals surface area contributed by atoms with Crippen LogP contribution in [0.25, 0.3) is 10.8 Å². The maximum Gasteiger partial charge on any atom is 0.119 e. The van der Waals surface area contributed by atoms with Crippen LogP contribution in [0, 0.1) is 5.92 Å². The molecule has 2 rings (SSSR count). The van der Waals surface area contributed by atoms with Crippen molar-refractivity contribution in [3.63, 3.8) is 0 Å². The summed E-state index contributed by atoms with van der Waals surface area (Å²) >= 11 is 0. The molecule has 2 unspecified atom stereocenters. The quantitative estimate of drug-likeness (QED) is 0.832. The van der Waals surface area contributed by atoms with Crippen LogP contribution in [0.5, 0.6) is 5.75 Å². The molecule has 2 atom stereocenters. The summed E-state index contributed by atoms with van der Waals surface area (Å²) in [7, 11) is 1.70. The molecule has 108 valence electrons. The van der Waals surface area contributed by atoms with Gasteiger partial charge in [0.05, 0.1) is 7.11 Å². The summed E-state index contributed by atoms with van der Waals surface area (Å²) in [4.78, 5) is 0. The van der Waals surface area contributed by atoms with Crippen molar-refractivity contribution in [1.82, 2.24) is 5.32 Å². The molecule has 2 nitrogen and oxygen atoms in total. The molecule has 0 aliphatic carbocycles. The first-order chi connectivity index (χ1) is 9.63. The van der Waals surface area contributed by atoms with Crippen molar-refractivity contribution < 1.29 is 4.74 Å². The molecule has 0 aliphatic heterocycles. The molecule has 1 N–H and O–H groups in total. The van der Waals surface area contributed by atoms with Gasteiger partial charge in [-0.25, -0.2) is 0 Å². The number of hydrogen-bond acceptors (Lipinski definition) is 2. The molecule has 2 aromatic rings. The zero-order valence-corrected chi connectivity index (χ0v) is 12.9. The fourth-order valence-corrected chi connectivity index (χ4v) is 2.28. The van der Waals surface area contributed by atoms with Gasteiger partial charge in [0.25, 0.3) is 0 Å². The van der Waals surface area contributed by atoms with E-state index in [2.05, 4.69) is 56.4 Å². The van der Waals surface area contributed by atoms with E-state index < -0.39 is 0 Å². The average molecular weight is 271 g/mol. The van der Waals surface area contributed by atoms with Gasteiger partial charge in [0, 0.05) is 6.04 Å². The molecule has 0 saturated carbocycles. The van der Waals surface area contributed by atoms with E-state index in [-0.39, 0.29) is 0 Å². The Morgan fingerprint density at radius 1 is 1.05 bits per heavy atom. The molecule has 0 bridgehead atoms. The number of nitrogens with one attached hydrogen (secondary N) is 1. The molecule has 0 radical (unpaired) electrons. The fourth-order valence-electron chi connectivity index (χ4n) is 2.28. The molecule has 0 fully saturated rings. The Hall–Kier alpha value is -1.54. The van der Waals surface area contributed by atoms with Crippen molar-refractivity contribution in [2.75, 3.05) is 13.7 Å². The number of rotatable bonds is 6. The molecule has 0 aromatic heterocycles. The Balaban J connectivity index is 2.14. The Bertz CT molecular complexity index is 564. The van der Waals surface area contributed by atoms with Crippen LogP contribution in [0.2, 0.25) is 0 Å². The third kappa shape index (κ3) is 3.51. The lowest BCUT2D eigenvalue weighted by molar-refractivity contribution is 0.415. The Morgan fingerprint density at radius 3 is 2.45 bits per heavy atom. The highest BCUT2D eigenvalue weighted by Crippen LogP contribution is 2.24. The second kappa shape index (κ2) is 6.76. The van der Waals surface area contributed by atoms with E-state index in [1.165, 1.54) is 22.8 Å². The molecule has 2 heteroatoms. The Kier molecular flexibility index (Phi) is 5.02. The van der Waals surface area contributed by atoms with Crippen LogP contribution < -0.4 is 10.1 Å². The second-order valence-electron chi connectivity index (χ2n) is 5.62. The fraction of sp³-hybridized carbons (Fsp3) is 0.444. The van der Waals surface area contributed by atoms with Gasteiger partial charge in [-0.3, -0.25) is 0 Å². The zero-order chi connectivity index (χ0) is 14.5. The van der Waals surface area contributed by atoms with Gasteiger partial charge in [-0.1, -0.05) is 38.5 Å². The van der Waals surface area contributed by atoms with Crippen molar-refractivity contribution in [2.24, 2.45) is 5.92 Å². The smallest absolute Gasteiger partial charge is 0.119 e. The predicted octanol–water partition coefficient (Wildman–Crippen LogP) is 4.55. The normalized spacial score (nSPS) is 14.2. The minimum atomic E-state index is 0.385. The number of benzene rings is 2. The first-order valence-electron chi connectivity index (χ1n) is 7.45. The number of hydrogen-bond donors (Lipinski definition) is 1. The number of methoxy groups -OCH3 is 1. The van der Waals surface area contributed by atoms with Crippen LogP contribution in [0.1, 0.15) is 38.8 Å². The lowest BCUT2D eigenvalue weighted by Gasteiger charge is -2.17. The zero-order valence-electron chi connectivity index (χ0n) is 12.9. The van der Waals surface area contributed by atoms with Crippen molar-refractivity contribution in [1.29, 1.82) is 0 Å². The average Bonchev–Trinajstić information content (AvgIpc) is 2.50. The highest BCUT2D eigenvalue weighted by atomic mass is 16.5. The molecule has 0 saturated heterocycles. The van der Waals surface area contributed by atoms with Crippen LogP contribution in [-0.4, -0.2) is 13.7 Å². The van der Waals surface area contributed by atoms with E-state index in [1.807, 2.05) is 6.07 Å². The van der Waals surface area contributed by atoms with Crippen LogP contribution in [-0.2, 0) is 0 Å². The number of ether oxygens (including phenoxy) is 1. The summed E-state index contributed by atoms with van der Waals surface area (Å²) in [5.41, 5.74) is 1.34. The van der Waals surface area contributed by atoms with Gasteiger partial charge in [-0.05, 0) is 53.9 Å². The third-order valence-electron chi connectivity index (χ3n) is 4.04. The highest BCUT2D eigenvalue weighted by Gasteiger charge is 2.07. The highest BCUT2D eigenvalue weighted by molar-refractivity contribution is 5.84. The largest absolute Gasteiger partial charge is 0.497 e. The van der Waals surface area contributed by atoms with E-state index in [0.29, 0.717) is 6.04 Å². The van der Waals surface area contributed by atoms with Crippen molar-refractivity contribution in [3.05, 3.63) is 42.0 Å². The van der Waals surface area contributed by atoms with Gasteiger partial charge in [-0.2, -0.15) is 0 Å². The maximum atomic E-state index is 5.26. The lowest BCUT2D eigenvalue weighted by Crippen LogP contribution is -2.24. The van der Waals surface area contributed by atoms with Gasteiger partial charge in [0.2, 0.25) is 0 Å². The summed E-state index contributed by atoms with van der Waals surface area (Å²) in [5, 5.41) is 6.10. The van der Waals surface area contributed by atoms with Crippen LogP contribution in [0.15, 0.2) is 36.4 Å². The van der Waals surface area contributed by atoms with Crippen LogP contribution >= 0.6 is 0 Å². The molecule has 0 aliphatic rings. The van der Waals surface area contributed by atoms with E-state index in [9.17, 15) is 0 Å².